The van der Waals surface area contributed by atoms with E-state index in [1.165, 1.54) is 0 Å². The van der Waals surface area contributed by atoms with E-state index in [2.05, 4.69) is 15.3 Å². The number of nitrogens with zero attached hydrogens (tertiary/aromatic N) is 1. The number of alkyl halides is 3. The van der Waals surface area contributed by atoms with Gasteiger partial charge in [-0.05, 0) is 17.7 Å². The third kappa shape index (κ3) is 5.75. The maximum absolute atomic E-state index is 13.0. The number of H-pyrrole nitrogens is 2. The fourth-order valence-corrected chi connectivity index (χ4v) is 3.17. The molecule has 11 heteroatoms. The van der Waals surface area contributed by atoms with E-state index in [1.807, 2.05) is 83.7 Å². The number of nitrogens with one attached hydrogen (secondary N) is 3. The molecular weight excluding hydrogens is 453 g/mol. The molecule has 0 unspecified atom stereocenters. The topological polar surface area (TPSA) is 123 Å². The van der Waals surface area contributed by atoms with Crippen LogP contribution < -0.4 is 19.8 Å². The van der Waals surface area contributed by atoms with E-state index < -0.39 is 18.2 Å². The third-order valence-corrected chi connectivity index (χ3v) is 4.74. The first-order valence-corrected chi connectivity index (χ1v) is 9.96. The van der Waals surface area contributed by atoms with E-state index in [0.29, 0.717) is 5.82 Å². The molecule has 1 atom stereocenters. The minimum Gasteiger partial charge on any atom is -0.542 e. The number of carboxylic acid groups (broad SMARTS) is 1. The maximum atomic E-state index is 13.0. The molecule has 0 aliphatic carbocycles. The standard InChI is InChI=1S/C21H18N4O2.C2HF3O2/c26-14-17(15-6-2-1-3-7-15)23-21(27)20-24-19(16-9-11-22-12-10-16)18-8-4-5-13-25(18)20;3-2(4,5)1(6)7/h1-13,17,26H,14H2,(H,23,27);(H,6,7)/p+1/t17-;/m0./s1. The summed E-state index contributed by atoms with van der Waals surface area (Å²) in [6.45, 7) is -0.180. The van der Waals surface area contributed by atoms with Gasteiger partial charge in [-0.2, -0.15) is 17.6 Å². The van der Waals surface area contributed by atoms with E-state index in [0.717, 1.165) is 22.3 Å². The summed E-state index contributed by atoms with van der Waals surface area (Å²) in [5, 5.41) is 21.4. The number of carbonyl (C=O) groups is 2. The first kappa shape index (κ1) is 24.4. The highest BCUT2D eigenvalue weighted by molar-refractivity contribution is 5.91. The number of carbonyl (C=O) groups excluding carboxylic acids is 2. The van der Waals surface area contributed by atoms with Crippen molar-refractivity contribution >= 4 is 17.4 Å². The van der Waals surface area contributed by atoms with E-state index in [4.69, 9.17) is 9.90 Å². The van der Waals surface area contributed by atoms with Crippen LogP contribution in [0, 0.1) is 0 Å². The average molecular weight is 473 g/mol. The third-order valence-electron chi connectivity index (χ3n) is 4.74. The molecule has 4 rings (SSSR count). The van der Waals surface area contributed by atoms with E-state index in [1.54, 1.807) is 0 Å². The largest absolute Gasteiger partial charge is 0.542 e. The molecule has 0 bridgehead atoms. The molecule has 1 aromatic carbocycles. The Kier molecular flexibility index (Phi) is 7.59. The van der Waals surface area contributed by atoms with Crippen LogP contribution in [0.1, 0.15) is 22.2 Å². The lowest BCUT2D eigenvalue weighted by molar-refractivity contribution is -0.514. The van der Waals surface area contributed by atoms with Crippen LogP contribution in [-0.2, 0) is 4.79 Å². The molecule has 34 heavy (non-hydrogen) atoms. The summed E-state index contributed by atoms with van der Waals surface area (Å²) < 4.78 is 33.4. The highest BCUT2D eigenvalue weighted by Gasteiger charge is 2.29. The number of aliphatic carboxylic acids is 1. The number of rotatable bonds is 5. The van der Waals surface area contributed by atoms with E-state index in [9.17, 15) is 23.1 Å². The summed E-state index contributed by atoms with van der Waals surface area (Å²) in [6, 6.07) is 18.6. The van der Waals surface area contributed by atoms with Gasteiger partial charge in [-0.25, -0.2) is 9.97 Å². The number of aromatic amines is 2. The predicted molar refractivity (Wildman–Crippen MR) is 111 cm³/mol. The fraction of sp³-hybridized carbons (Fsp3) is 0.130. The Balaban J connectivity index is 0.000000406. The van der Waals surface area contributed by atoms with Crippen molar-refractivity contribution in [2.45, 2.75) is 12.2 Å². The SMILES string of the molecule is O=C(N[C@@H](CO)c1ccccc1)c1[nH]c(-c2cc[nH+]cc2)c2cccc[n+]12.O=C([O-])C(F)(F)F. The zero-order chi connectivity index (χ0) is 24.7. The number of hydrogen-bond acceptors (Lipinski definition) is 4. The van der Waals surface area contributed by atoms with Gasteiger partial charge < -0.3 is 20.3 Å². The molecule has 1 amide bonds. The number of pyridine rings is 2. The van der Waals surface area contributed by atoms with Crippen molar-refractivity contribution < 1.29 is 42.4 Å². The number of fused-ring (bicyclic) bond motifs is 1. The second-order valence-electron chi connectivity index (χ2n) is 7.00. The molecule has 0 saturated heterocycles. The Morgan fingerprint density at radius 2 is 1.68 bits per heavy atom. The summed E-state index contributed by atoms with van der Waals surface area (Å²) in [5.74, 6) is -2.89. The lowest BCUT2D eigenvalue weighted by Gasteiger charge is -2.14. The number of aromatic nitrogens is 3. The van der Waals surface area contributed by atoms with Crippen molar-refractivity contribution in [2.75, 3.05) is 6.61 Å². The van der Waals surface area contributed by atoms with Gasteiger partial charge in [0.1, 0.15) is 5.97 Å². The molecule has 8 nitrogen and oxygen atoms in total. The van der Waals surface area contributed by atoms with Gasteiger partial charge >= 0.3 is 17.9 Å². The van der Waals surface area contributed by atoms with Gasteiger partial charge in [0.05, 0.1) is 18.8 Å². The number of aliphatic hydroxyl groups excluding tert-OH is 1. The van der Waals surface area contributed by atoms with Crippen LogP contribution in [-0.4, -0.2) is 34.8 Å². The Morgan fingerprint density at radius 1 is 1.06 bits per heavy atom. The predicted octanol–water partition coefficient (Wildman–Crippen LogP) is 0.996. The van der Waals surface area contributed by atoms with Crippen molar-refractivity contribution in [1.29, 1.82) is 0 Å². The first-order chi connectivity index (χ1) is 16.2. The zero-order valence-electron chi connectivity index (χ0n) is 17.5. The van der Waals surface area contributed by atoms with Crippen molar-refractivity contribution in [3.8, 4) is 11.3 Å². The minimum absolute atomic E-state index is 0.180. The van der Waals surface area contributed by atoms with Crippen LogP contribution in [0.25, 0.3) is 16.8 Å². The van der Waals surface area contributed by atoms with E-state index in [-0.39, 0.29) is 12.5 Å². The maximum Gasteiger partial charge on any atom is 0.430 e. The molecule has 0 radical (unpaired) electrons. The molecule has 0 aliphatic heterocycles. The Morgan fingerprint density at radius 3 is 2.26 bits per heavy atom. The average Bonchev–Trinajstić information content (AvgIpc) is 3.23. The Labute approximate surface area is 191 Å². The van der Waals surface area contributed by atoms with Crippen molar-refractivity contribution in [3.05, 3.63) is 90.6 Å². The molecule has 3 aromatic heterocycles. The lowest BCUT2D eigenvalue weighted by Crippen LogP contribution is -2.38. The quantitative estimate of drug-likeness (QED) is 0.374. The van der Waals surface area contributed by atoms with Crippen LogP contribution in [0.2, 0.25) is 0 Å². The number of amides is 1. The van der Waals surface area contributed by atoms with Crippen LogP contribution in [0.5, 0.6) is 0 Å². The minimum atomic E-state index is -5.19. The van der Waals surface area contributed by atoms with E-state index >= 15 is 0 Å². The fourth-order valence-electron chi connectivity index (χ4n) is 3.17. The lowest BCUT2D eigenvalue weighted by atomic mass is 10.1. The smallest absolute Gasteiger partial charge is 0.430 e. The van der Waals surface area contributed by atoms with Crippen molar-refractivity contribution in [2.24, 2.45) is 0 Å². The molecule has 0 aliphatic rings. The van der Waals surface area contributed by atoms with Gasteiger partial charge in [0.2, 0.25) is 0 Å². The van der Waals surface area contributed by atoms with Crippen LogP contribution in [0.15, 0.2) is 79.3 Å². The van der Waals surface area contributed by atoms with Crippen LogP contribution in [0.3, 0.4) is 0 Å². The molecule has 3 heterocycles. The van der Waals surface area contributed by atoms with Gasteiger partial charge in [-0.3, -0.25) is 4.79 Å². The number of benzene rings is 1. The number of halogens is 3. The summed E-state index contributed by atoms with van der Waals surface area (Å²) in [5.41, 5.74) is 3.58. The van der Waals surface area contributed by atoms with Crippen molar-refractivity contribution in [3.63, 3.8) is 0 Å². The monoisotopic (exact) mass is 473 g/mol. The molecule has 0 saturated carbocycles. The number of carboxylic acids is 1. The molecular formula is C23H20F3N4O4+. The number of imidazole rings is 1. The van der Waals surface area contributed by atoms with Gasteiger partial charge in [-0.15, -0.1) is 0 Å². The van der Waals surface area contributed by atoms with Gasteiger partial charge in [0.15, 0.2) is 23.6 Å². The summed E-state index contributed by atoms with van der Waals surface area (Å²) in [6.07, 6.45) is 0.328. The summed E-state index contributed by atoms with van der Waals surface area (Å²) in [4.78, 5) is 28.0. The van der Waals surface area contributed by atoms with Crippen LogP contribution in [0.4, 0.5) is 13.2 Å². The summed E-state index contributed by atoms with van der Waals surface area (Å²) in [7, 11) is 0. The summed E-state index contributed by atoms with van der Waals surface area (Å²) >= 11 is 0. The highest BCUT2D eigenvalue weighted by Crippen LogP contribution is 2.21. The molecule has 4 N–H and O–H groups in total. The normalized spacial score (nSPS) is 11.9. The van der Waals surface area contributed by atoms with Crippen LogP contribution >= 0.6 is 0 Å². The van der Waals surface area contributed by atoms with Crippen molar-refractivity contribution in [1.82, 2.24) is 10.3 Å². The second kappa shape index (κ2) is 10.6. The molecule has 4 aromatic rings. The molecule has 0 spiro atoms. The highest BCUT2D eigenvalue weighted by atomic mass is 19.4. The second-order valence-corrected chi connectivity index (χ2v) is 7.00. The Bertz CT molecular complexity index is 1260. The van der Waals surface area contributed by atoms with Gasteiger partial charge in [0, 0.05) is 17.7 Å². The molecule has 176 valence electrons. The first-order valence-electron chi connectivity index (χ1n) is 9.96. The van der Waals surface area contributed by atoms with Gasteiger partial charge in [-0.1, -0.05) is 36.4 Å². The number of aliphatic hydroxyl groups is 1. The zero-order valence-corrected chi connectivity index (χ0v) is 17.5. The van der Waals surface area contributed by atoms with Gasteiger partial charge in [0.25, 0.3) is 0 Å². The number of hydrogen-bond donors (Lipinski definition) is 3. The Hall–Kier alpha value is -4.25. The molecule has 0 fully saturated rings.